The lowest BCUT2D eigenvalue weighted by Gasteiger charge is -2.24. The van der Waals surface area contributed by atoms with E-state index in [1.807, 2.05) is 23.1 Å². The highest BCUT2D eigenvalue weighted by Crippen LogP contribution is 2.32. The predicted octanol–water partition coefficient (Wildman–Crippen LogP) is 2.30. The van der Waals surface area contributed by atoms with Crippen molar-refractivity contribution in [2.24, 2.45) is 5.92 Å². The van der Waals surface area contributed by atoms with E-state index in [1.165, 1.54) is 0 Å². The van der Waals surface area contributed by atoms with E-state index < -0.39 is 0 Å². The zero-order valence-corrected chi connectivity index (χ0v) is 14.0. The van der Waals surface area contributed by atoms with Crippen LogP contribution in [0.4, 0.5) is 11.4 Å². The Morgan fingerprint density at radius 1 is 1.30 bits per heavy atom. The summed E-state index contributed by atoms with van der Waals surface area (Å²) < 4.78 is 11.2. The van der Waals surface area contributed by atoms with E-state index >= 15 is 0 Å². The maximum Gasteiger partial charge on any atom is 0.253 e. The van der Waals surface area contributed by atoms with E-state index in [2.05, 4.69) is 24.9 Å². The molecule has 2 heterocycles. The van der Waals surface area contributed by atoms with Crippen LogP contribution in [0, 0.1) is 5.92 Å². The first-order valence-electron chi connectivity index (χ1n) is 8.45. The van der Waals surface area contributed by atoms with Crippen molar-refractivity contribution < 1.29 is 14.3 Å². The number of benzene rings is 1. The average Bonchev–Trinajstić information content (AvgIpc) is 3.01. The third-order valence-corrected chi connectivity index (χ3v) is 4.52. The lowest BCUT2D eigenvalue weighted by molar-refractivity contribution is -0.124. The molecule has 0 saturated carbocycles. The van der Waals surface area contributed by atoms with Gasteiger partial charge in [0.15, 0.2) is 0 Å². The number of hydrogen-bond donors (Lipinski definition) is 0. The van der Waals surface area contributed by atoms with Crippen LogP contribution in [-0.4, -0.2) is 52.0 Å². The van der Waals surface area contributed by atoms with Crippen molar-refractivity contribution in [3.05, 3.63) is 24.3 Å². The number of anilines is 2. The van der Waals surface area contributed by atoms with E-state index in [-0.39, 0.29) is 18.6 Å². The van der Waals surface area contributed by atoms with Crippen LogP contribution < -0.4 is 9.80 Å². The van der Waals surface area contributed by atoms with E-state index in [0.717, 1.165) is 43.9 Å². The van der Waals surface area contributed by atoms with Crippen molar-refractivity contribution in [2.45, 2.75) is 25.9 Å². The van der Waals surface area contributed by atoms with Crippen LogP contribution in [-0.2, 0) is 14.3 Å². The third kappa shape index (κ3) is 3.85. The first kappa shape index (κ1) is 16.3. The van der Waals surface area contributed by atoms with Crippen LogP contribution in [0.2, 0.25) is 0 Å². The molecule has 1 aromatic carbocycles. The maximum absolute atomic E-state index is 12.7. The highest BCUT2D eigenvalue weighted by Gasteiger charge is 2.26. The van der Waals surface area contributed by atoms with Crippen molar-refractivity contribution in [3.63, 3.8) is 0 Å². The Bertz CT molecular complexity index is 543. The molecule has 126 valence electrons. The second-order valence-corrected chi connectivity index (χ2v) is 6.63. The molecule has 5 heteroatoms. The summed E-state index contributed by atoms with van der Waals surface area (Å²) in [6.07, 6.45) is 2.28. The fourth-order valence-corrected chi connectivity index (χ4v) is 3.42. The SMILES string of the molecule is C[C@@H]1CN(C)c2ccccc2N(C(=O)COC[C@@H]2CCCO2)C1. The minimum atomic E-state index is 0.0256. The molecule has 2 atom stereocenters. The molecule has 2 aliphatic rings. The molecular formula is C18H26N2O3. The Labute approximate surface area is 138 Å². The number of para-hydroxylation sites is 2. The topological polar surface area (TPSA) is 42.0 Å². The van der Waals surface area contributed by atoms with Gasteiger partial charge in [-0.25, -0.2) is 0 Å². The van der Waals surface area contributed by atoms with Gasteiger partial charge in [-0.3, -0.25) is 4.79 Å². The Morgan fingerprint density at radius 2 is 2.09 bits per heavy atom. The zero-order valence-electron chi connectivity index (χ0n) is 14.0. The lowest BCUT2D eigenvalue weighted by Crippen LogP contribution is -2.37. The molecule has 0 spiro atoms. The molecule has 0 N–H and O–H groups in total. The number of nitrogens with zero attached hydrogens (tertiary/aromatic N) is 2. The normalized spacial score (nSPS) is 24.4. The average molecular weight is 318 g/mol. The smallest absolute Gasteiger partial charge is 0.253 e. The molecule has 0 radical (unpaired) electrons. The summed E-state index contributed by atoms with van der Waals surface area (Å²) in [6, 6.07) is 8.08. The van der Waals surface area contributed by atoms with Crippen molar-refractivity contribution >= 4 is 17.3 Å². The molecule has 0 unspecified atom stereocenters. The fraction of sp³-hybridized carbons (Fsp3) is 0.611. The van der Waals surface area contributed by atoms with Gasteiger partial charge in [0.25, 0.3) is 5.91 Å². The first-order chi connectivity index (χ1) is 11.1. The number of amides is 1. The molecule has 3 rings (SSSR count). The highest BCUT2D eigenvalue weighted by atomic mass is 16.5. The summed E-state index contributed by atoms with van der Waals surface area (Å²) in [7, 11) is 2.08. The molecule has 1 fully saturated rings. The Balaban J connectivity index is 1.66. The molecule has 0 bridgehead atoms. The van der Waals surface area contributed by atoms with Gasteiger partial charge in [0.05, 0.1) is 24.1 Å². The molecule has 0 aromatic heterocycles. The van der Waals surface area contributed by atoms with Gasteiger partial charge in [-0.1, -0.05) is 19.1 Å². The van der Waals surface area contributed by atoms with Crippen LogP contribution >= 0.6 is 0 Å². The minimum Gasteiger partial charge on any atom is -0.376 e. The predicted molar refractivity (Wildman–Crippen MR) is 91.0 cm³/mol. The fourth-order valence-electron chi connectivity index (χ4n) is 3.42. The number of ether oxygens (including phenoxy) is 2. The maximum atomic E-state index is 12.7. The summed E-state index contributed by atoms with van der Waals surface area (Å²) in [4.78, 5) is 16.8. The minimum absolute atomic E-state index is 0.0256. The number of rotatable bonds is 4. The first-order valence-corrected chi connectivity index (χ1v) is 8.45. The van der Waals surface area contributed by atoms with Gasteiger partial charge in [0.2, 0.25) is 0 Å². The van der Waals surface area contributed by atoms with Crippen molar-refractivity contribution in [1.82, 2.24) is 0 Å². The van der Waals surface area contributed by atoms with Gasteiger partial charge in [-0.15, -0.1) is 0 Å². The molecule has 1 amide bonds. The van der Waals surface area contributed by atoms with Crippen molar-refractivity contribution in [1.29, 1.82) is 0 Å². The van der Waals surface area contributed by atoms with E-state index in [0.29, 0.717) is 12.5 Å². The van der Waals surface area contributed by atoms with Gasteiger partial charge in [-0.2, -0.15) is 0 Å². The third-order valence-electron chi connectivity index (χ3n) is 4.52. The van der Waals surface area contributed by atoms with E-state index in [9.17, 15) is 4.79 Å². The van der Waals surface area contributed by atoms with Crippen LogP contribution in [0.25, 0.3) is 0 Å². The molecule has 5 nitrogen and oxygen atoms in total. The van der Waals surface area contributed by atoms with Crippen LogP contribution in [0.3, 0.4) is 0 Å². The lowest BCUT2D eigenvalue weighted by atomic mass is 10.1. The number of carbonyl (C=O) groups excluding carboxylic acids is 1. The highest BCUT2D eigenvalue weighted by molar-refractivity contribution is 5.98. The molecule has 1 aromatic rings. The molecule has 1 saturated heterocycles. The molecular weight excluding hydrogens is 292 g/mol. The van der Waals surface area contributed by atoms with Gasteiger partial charge < -0.3 is 19.3 Å². The van der Waals surface area contributed by atoms with Gasteiger partial charge >= 0.3 is 0 Å². The van der Waals surface area contributed by atoms with Crippen molar-refractivity contribution in [2.75, 3.05) is 49.8 Å². The zero-order chi connectivity index (χ0) is 16.2. The summed E-state index contributed by atoms with van der Waals surface area (Å²) in [5.74, 6) is 0.437. The summed E-state index contributed by atoms with van der Waals surface area (Å²) >= 11 is 0. The number of hydrogen-bond acceptors (Lipinski definition) is 4. The Kier molecular flexibility index (Phi) is 5.18. The number of carbonyl (C=O) groups is 1. The van der Waals surface area contributed by atoms with Crippen LogP contribution in [0.1, 0.15) is 19.8 Å². The van der Waals surface area contributed by atoms with E-state index in [4.69, 9.17) is 9.47 Å². The Hall–Kier alpha value is -1.59. The quantitative estimate of drug-likeness (QED) is 0.854. The second kappa shape index (κ2) is 7.32. The van der Waals surface area contributed by atoms with Gasteiger partial charge in [0.1, 0.15) is 6.61 Å². The van der Waals surface area contributed by atoms with Crippen LogP contribution in [0.15, 0.2) is 24.3 Å². The van der Waals surface area contributed by atoms with Gasteiger partial charge in [0, 0.05) is 26.7 Å². The van der Waals surface area contributed by atoms with Crippen molar-refractivity contribution in [3.8, 4) is 0 Å². The standard InChI is InChI=1S/C18H26N2O3/c1-14-10-19(2)16-7-3-4-8-17(16)20(11-14)18(21)13-22-12-15-6-5-9-23-15/h3-4,7-8,14-15H,5-6,9-13H2,1-2H3/t14-,15+/m1/s1. The molecule has 23 heavy (non-hydrogen) atoms. The second-order valence-electron chi connectivity index (χ2n) is 6.63. The van der Waals surface area contributed by atoms with Crippen LogP contribution in [0.5, 0.6) is 0 Å². The Morgan fingerprint density at radius 3 is 2.83 bits per heavy atom. The monoisotopic (exact) mass is 318 g/mol. The largest absolute Gasteiger partial charge is 0.376 e. The summed E-state index contributed by atoms with van der Waals surface area (Å²) in [6.45, 7) is 5.28. The van der Waals surface area contributed by atoms with E-state index in [1.54, 1.807) is 0 Å². The number of fused-ring (bicyclic) bond motifs is 1. The van der Waals surface area contributed by atoms with Gasteiger partial charge in [-0.05, 0) is 30.9 Å². The molecule has 2 aliphatic heterocycles. The molecule has 0 aliphatic carbocycles. The summed E-state index contributed by atoms with van der Waals surface area (Å²) in [5.41, 5.74) is 2.08. The summed E-state index contributed by atoms with van der Waals surface area (Å²) in [5, 5.41) is 0.